The molecule has 2 aliphatic rings. The third kappa shape index (κ3) is 2.39. The zero-order valence-electron chi connectivity index (χ0n) is 12.1. The van der Waals surface area contributed by atoms with Crippen LogP contribution < -0.4 is 0 Å². The van der Waals surface area contributed by atoms with Gasteiger partial charge in [-0.2, -0.15) is 0 Å². The maximum atomic E-state index is 6.48. The van der Waals surface area contributed by atoms with Crippen LogP contribution in [0, 0.1) is 17.3 Å². The standard InChI is InChI=1S/C15H28O2/c1-11(2)13-14(4,5)10-16-15(17-13)9-7-6-8-12(15)3/h11-13H,6-10H2,1-5H3. The highest BCUT2D eigenvalue weighted by molar-refractivity contribution is 4.92. The monoisotopic (exact) mass is 240 g/mol. The van der Waals surface area contributed by atoms with Crippen molar-refractivity contribution in [3.8, 4) is 0 Å². The first-order chi connectivity index (χ1) is 7.87. The lowest BCUT2D eigenvalue weighted by Crippen LogP contribution is -2.58. The number of hydrogen-bond donors (Lipinski definition) is 0. The lowest BCUT2D eigenvalue weighted by molar-refractivity contribution is -0.363. The summed E-state index contributed by atoms with van der Waals surface area (Å²) in [7, 11) is 0. The van der Waals surface area contributed by atoms with E-state index in [1.807, 2.05) is 0 Å². The van der Waals surface area contributed by atoms with E-state index in [4.69, 9.17) is 9.47 Å². The summed E-state index contributed by atoms with van der Waals surface area (Å²) in [5, 5.41) is 0. The number of rotatable bonds is 1. The van der Waals surface area contributed by atoms with Gasteiger partial charge >= 0.3 is 0 Å². The molecule has 0 N–H and O–H groups in total. The van der Waals surface area contributed by atoms with Crippen LogP contribution >= 0.6 is 0 Å². The van der Waals surface area contributed by atoms with Gasteiger partial charge in [0.15, 0.2) is 5.79 Å². The Balaban J connectivity index is 2.17. The largest absolute Gasteiger partial charge is 0.349 e. The molecule has 0 amide bonds. The Bertz CT molecular complexity index is 272. The average Bonchev–Trinajstić information content (AvgIpc) is 2.25. The molecule has 0 radical (unpaired) electrons. The van der Waals surface area contributed by atoms with E-state index in [0.29, 0.717) is 17.9 Å². The van der Waals surface area contributed by atoms with Crippen LogP contribution in [-0.2, 0) is 9.47 Å². The van der Waals surface area contributed by atoms with Crippen molar-refractivity contribution in [3.63, 3.8) is 0 Å². The summed E-state index contributed by atoms with van der Waals surface area (Å²) in [4.78, 5) is 0. The molecule has 2 nitrogen and oxygen atoms in total. The Labute approximate surface area is 106 Å². The summed E-state index contributed by atoms with van der Waals surface area (Å²) in [5.74, 6) is 0.816. The van der Waals surface area contributed by atoms with Crippen LogP contribution in [0.25, 0.3) is 0 Å². The van der Waals surface area contributed by atoms with Crippen molar-refractivity contribution < 1.29 is 9.47 Å². The molecule has 17 heavy (non-hydrogen) atoms. The minimum absolute atomic E-state index is 0.135. The molecule has 2 rings (SSSR count). The van der Waals surface area contributed by atoms with Crippen LogP contribution in [0.1, 0.15) is 60.3 Å². The minimum Gasteiger partial charge on any atom is -0.349 e. The second-order valence-corrected chi connectivity index (χ2v) is 7.02. The third-order valence-electron chi connectivity index (χ3n) is 4.55. The summed E-state index contributed by atoms with van der Waals surface area (Å²) in [6.07, 6.45) is 5.21. The third-order valence-corrected chi connectivity index (χ3v) is 4.55. The Morgan fingerprint density at radius 2 is 1.88 bits per heavy atom. The molecule has 2 fully saturated rings. The Hall–Kier alpha value is -0.0800. The molecule has 1 aliphatic carbocycles. The zero-order valence-corrected chi connectivity index (χ0v) is 12.1. The minimum atomic E-state index is -0.275. The molecule has 1 aliphatic heterocycles. The summed E-state index contributed by atoms with van der Waals surface area (Å²) in [5.41, 5.74) is 0.135. The lowest BCUT2D eigenvalue weighted by Gasteiger charge is -2.53. The van der Waals surface area contributed by atoms with Gasteiger partial charge in [-0.25, -0.2) is 0 Å². The van der Waals surface area contributed by atoms with Crippen LogP contribution in [0.4, 0.5) is 0 Å². The highest BCUT2D eigenvalue weighted by Crippen LogP contribution is 2.46. The molecule has 1 spiro atoms. The van der Waals surface area contributed by atoms with E-state index < -0.39 is 0 Å². The molecule has 100 valence electrons. The Morgan fingerprint density at radius 1 is 1.18 bits per heavy atom. The van der Waals surface area contributed by atoms with Gasteiger partial charge in [-0.1, -0.05) is 41.0 Å². The first kappa shape index (κ1) is 13.4. The van der Waals surface area contributed by atoms with Crippen molar-refractivity contribution >= 4 is 0 Å². The molecular weight excluding hydrogens is 212 g/mol. The summed E-state index contributed by atoms with van der Waals surface area (Å²) in [6, 6.07) is 0. The van der Waals surface area contributed by atoms with Crippen LogP contribution in [0.15, 0.2) is 0 Å². The molecule has 3 unspecified atom stereocenters. The molecule has 3 atom stereocenters. The molecule has 0 aromatic heterocycles. The van der Waals surface area contributed by atoms with E-state index in [-0.39, 0.29) is 11.2 Å². The van der Waals surface area contributed by atoms with E-state index in [0.717, 1.165) is 13.0 Å². The second kappa shape index (κ2) is 4.55. The Kier molecular flexibility index (Phi) is 3.57. The molecular formula is C15H28O2. The first-order valence-corrected chi connectivity index (χ1v) is 7.19. The molecule has 0 aromatic carbocycles. The quantitative estimate of drug-likeness (QED) is 0.690. The van der Waals surface area contributed by atoms with Crippen LogP contribution in [0.5, 0.6) is 0 Å². The van der Waals surface area contributed by atoms with Crippen LogP contribution in [0.2, 0.25) is 0 Å². The van der Waals surface area contributed by atoms with Crippen molar-refractivity contribution in [3.05, 3.63) is 0 Å². The van der Waals surface area contributed by atoms with E-state index in [2.05, 4.69) is 34.6 Å². The van der Waals surface area contributed by atoms with Gasteiger partial charge in [0.1, 0.15) is 0 Å². The average molecular weight is 240 g/mol. The second-order valence-electron chi connectivity index (χ2n) is 7.02. The van der Waals surface area contributed by atoms with Crippen molar-refractivity contribution in [1.29, 1.82) is 0 Å². The van der Waals surface area contributed by atoms with Gasteiger partial charge in [0, 0.05) is 17.8 Å². The zero-order chi connectivity index (χ0) is 12.7. The summed E-state index contributed by atoms with van der Waals surface area (Å²) in [6.45, 7) is 12.2. The first-order valence-electron chi connectivity index (χ1n) is 7.19. The fourth-order valence-electron chi connectivity index (χ4n) is 3.51. The van der Waals surface area contributed by atoms with E-state index in [1.165, 1.54) is 19.3 Å². The predicted molar refractivity (Wildman–Crippen MR) is 69.8 cm³/mol. The highest BCUT2D eigenvalue weighted by atomic mass is 16.7. The Morgan fingerprint density at radius 3 is 2.47 bits per heavy atom. The maximum absolute atomic E-state index is 6.48. The molecule has 1 heterocycles. The van der Waals surface area contributed by atoms with Gasteiger partial charge in [0.25, 0.3) is 0 Å². The molecule has 2 heteroatoms. The van der Waals surface area contributed by atoms with Crippen molar-refractivity contribution in [1.82, 2.24) is 0 Å². The van der Waals surface area contributed by atoms with E-state index in [9.17, 15) is 0 Å². The van der Waals surface area contributed by atoms with Gasteiger partial charge in [0.05, 0.1) is 12.7 Å². The van der Waals surface area contributed by atoms with Gasteiger partial charge in [0.2, 0.25) is 0 Å². The maximum Gasteiger partial charge on any atom is 0.171 e. The van der Waals surface area contributed by atoms with Gasteiger partial charge in [-0.05, 0) is 18.8 Å². The molecule has 0 aromatic rings. The SMILES string of the molecule is CC(C)C1OC2(CCCCC2C)OCC1(C)C. The highest BCUT2D eigenvalue weighted by Gasteiger charge is 2.50. The summed E-state index contributed by atoms with van der Waals surface area (Å²) >= 11 is 0. The van der Waals surface area contributed by atoms with Gasteiger partial charge < -0.3 is 9.47 Å². The molecule has 0 bridgehead atoms. The van der Waals surface area contributed by atoms with Crippen molar-refractivity contribution in [2.45, 2.75) is 72.2 Å². The van der Waals surface area contributed by atoms with Gasteiger partial charge in [-0.15, -0.1) is 0 Å². The molecule has 1 saturated carbocycles. The predicted octanol–water partition coefficient (Wildman–Crippen LogP) is 3.99. The van der Waals surface area contributed by atoms with Gasteiger partial charge in [-0.3, -0.25) is 0 Å². The van der Waals surface area contributed by atoms with E-state index in [1.54, 1.807) is 0 Å². The number of hydrogen-bond acceptors (Lipinski definition) is 2. The number of ether oxygens (including phenoxy) is 2. The van der Waals surface area contributed by atoms with Crippen LogP contribution in [0.3, 0.4) is 0 Å². The normalized spacial score (nSPS) is 42.0. The smallest absolute Gasteiger partial charge is 0.171 e. The van der Waals surface area contributed by atoms with E-state index >= 15 is 0 Å². The van der Waals surface area contributed by atoms with Crippen molar-refractivity contribution in [2.24, 2.45) is 17.3 Å². The topological polar surface area (TPSA) is 18.5 Å². The van der Waals surface area contributed by atoms with Crippen LogP contribution in [-0.4, -0.2) is 18.5 Å². The summed E-state index contributed by atoms with van der Waals surface area (Å²) < 4.78 is 12.7. The molecule has 1 saturated heterocycles. The van der Waals surface area contributed by atoms with Crippen molar-refractivity contribution in [2.75, 3.05) is 6.61 Å². The fraction of sp³-hybridized carbons (Fsp3) is 1.00. The fourth-order valence-corrected chi connectivity index (χ4v) is 3.51. The lowest BCUT2D eigenvalue weighted by atomic mass is 9.77.